The first kappa shape index (κ1) is 11.6. The molecule has 0 radical (unpaired) electrons. The van der Waals surface area contributed by atoms with Gasteiger partial charge in [-0.3, -0.25) is 0 Å². The molecule has 1 aromatic heterocycles. The smallest absolute Gasteiger partial charge is 0.147 e. The minimum absolute atomic E-state index is 0.495. The second-order valence-corrected chi connectivity index (χ2v) is 4.67. The van der Waals surface area contributed by atoms with Gasteiger partial charge in [-0.05, 0) is 33.2 Å². The first-order chi connectivity index (χ1) is 7.72. The van der Waals surface area contributed by atoms with Crippen LogP contribution in [0.1, 0.15) is 50.3 Å². The standard InChI is InChI=1S/C12H22N4/c1-4-13-11-7-5-6-8-12(11)16-10(3)14-9(2)15-16/h11-13H,4-8H2,1-3H3. The molecule has 0 aromatic carbocycles. The third-order valence-corrected chi connectivity index (χ3v) is 3.42. The Kier molecular flexibility index (Phi) is 3.59. The molecule has 1 aromatic rings. The quantitative estimate of drug-likeness (QED) is 0.850. The minimum Gasteiger partial charge on any atom is -0.312 e. The largest absolute Gasteiger partial charge is 0.312 e. The van der Waals surface area contributed by atoms with Crippen LogP contribution in [-0.4, -0.2) is 27.4 Å². The molecule has 0 saturated heterocycles. The van der Waals surface area contributed by atoms with Gasteiger partial charge in [-0.2, -0.15) is 5.10 Å². The van der Waals surface area contributed by atoms with E-state index in [2.05, 4.69) is 33.9 Å². The molecule has 1 aliphatic rings. The van der Waals surface area contributed by atoms with Crippen LogP contribution < -0.4 is 5.32 Å². The van der Waals surface area contributed by atoms with E-state index in [0.29, 0.717) is 12.1 Å². The Balaban J connectivity index is 2.19. The summed E-state index contributed by atoms with van der Waals surface area (Å²) in [6.07, 6.45) is 5.13. The average molecular weight is 222 g/mol. The first-order valence-electron chi connectivity index (χ1n) is 6.35. The van der Waals surface area contributed by atoms with Crippen LogP contribution in [0.5, 0.6) is 0 Å². The van der Waals surface area contributed by atoms with Crippen LogP contribution in [0, 0.1) is 13.8 Å². The van der Waals surface area contributed by atoms with Gasteiger partial charge in [0.05, 0.1) is 6.04 Å². The number of nitrogens with zero attached hydrogens (tertiary/aromatic N) is 3. The number of aromatic nitrogens is 3. The van der Waals surface area contributed by atoms with Crippen LogP contribution in [0.2, 0.25) is 0 Å². The van der Waals surface area contributed by atoms with Gasteiger partial charge in [-0.15, -0.1) is 0 Å². The van der Waals surface area contributed by atoms with Gasteiger partial charge in [0.2, 0.25) is 0 Å². The van der Waals surface area contributed by atoms with Gasteiger partial charge >= 0.3 is 0 Å². The summed E-state index contributed by atoms with van der Waals surface area (Å²) in [5.41, 5.74) is 0. The van der Waals surface area contributed by atoms with Gasteiger partial charge in [-0.25, -0.2) is 9.67 Å². The minimum atomic E-state index is 0.495. The highest BCUT2D eigenvalue weighted by Gasteiger charge is 2.27. The SMILES string of the molecule is CCNC1CCCCC1n1nc(C)nc1C. The number of nitrogens with one attached hydrogen (secondary N) is 1. The fourth-order valence-electron chi connectivity index (χ4n) is 2.75. The maximum absolute atomic E-state index is 4.53. The zero-order valence-corrected chi connectivity index (χ0v) is 10.5. The molecule has 4 heteroatoms. The van der Waals surface area contributed by atoms with Crippen molar-refractivity contribution in [1.82, 2.24) is 20.1 Å². The number of hydrogen-bond acceptors (Lipinski definition) is 3. The van der Waals surface area contributed by atoms with Crippen LogP contribution in [0.3, 0.4) is 0 Å². The van der Waals surface area contributed by atoms with E-state index >= 15 is 0 Å². The fraction of sp³-hybridized carbons (Fsp3) is 0.833. The van der Waals surface area contributed by atoms with Gasteiger partial charge in [-0.1, -0.05) is 19.8 Å². The van der Waals surface area contributed by atoms with E-state index in [9.17, 15) is 0 Å². The maximum Gasteiger partial charge on any atom is 0.147 e. The molecule has 2 unspecified atom stereocenters. The van der Waals surface area contributed by atoms with E-state index in [1.165, 1.54) is 25.7 Å². The molecule has 16 heavy (non-hydrogen) atoms. The van der Waals surface area contributed by atoms with Crippen LogP contribution in [-0.2, 0) is 0 Å². The Morgan fingerprint density at radius 1 is 1.31 bits per heavy atom. The van der Waals surface area contributed by atoms with Gasteiger partial charge in [0, 0.05) is 6.04 Å². The van der Waals surface area contributed by atoms with E-state index in [1.54, 1.807) is 0 Å². The summed E-state index contributed by atoms with van der Waals surface area (Å²) >= 11 is 0. The zero-order valence-electron chi connectivity index (χ0n) is 10.5. The topological polar surface area (TPSA) is 42.7 Å². The summed E-state index contributed by atoms with van der Waals surface area (Å²) in [6.45, 7) is 7.23. The summed E-state index contributed by atoms with van der Waals surface area (Å²) in [7, 11) is 0. The molecule has 90 valence electrons. The summed E-state index contributed by atoms with van der Waals surface area (Å²) < 4.78 is 2.13. The zero-order chi connectivity index (χ0) is 11.5. The lowest BCUT2D eigenvalue weighted by atomic mass is 9.90. The van der Waals surface area contributed by atoms with E-state index in [1.807, 2.05) is 6.92 Å². The van der Waals surface area contributed by atoms with Gasteiger partial charge < -0.3 is 5.32 Å². The molecule has 0 bridgehead atoms. The van der Waals surface area contributed by atoms with Crippen molar-refractivity contribution in [3.63, 3.8) is 0 Å². The van der Waals surface area contributed by atoms with E-state index < -0.39 is 0 Å². The fourth-order valence-corrected chi connectivity index (χ4v) is 2.75. The van der Waals surface area contributed by atoms with Crippen molar-refractivity contribution in [2.45, 2.75) is 58.5 Å². The second kappa shape index (κ2) is 4.95. The summed E-state index contributed by atoms with van der Waals surface area (Å²) in [5, 5.41) is 8.11. The number of hydrogen-bond donors (Lipinski definition) is 1. The number of rotatable bonds is 3. The van der Waals surface area contributed by atoms with E-state index in [4.69, 9.17) is 0 Å². The third kappa shape index (κ3) is 2.26. The summed E-state index contributed by atoms with van der Waals surface area (Å²) in [6, 6.07) is 1.06. The predicted octanol–water partition coefficient (Wildman–Crippen LogP) is 1.99. The lowest BCUT2D eigenvalue weighted by molar-refractivity contribution is 0.246. The normalized spacial score (nSPS) is 25.9. The maximum atomic E-state index is 4.53. The van der Waals surface area contributed by atoms with Crippen molar-refractivity contribution in [1.29, 1.82) is 0 Å². The Labute approximate surface area is 97.5 Å². The van der Waals surface area contributed by atoms with Crippen molar-refractivity contribution in [3.8, 4) is 0 Å². The first-order valence-corrected chi connectivity index (χ1v) is 6.35. The lowest BCUT2D eigenvalue weighted by Crippen LogP contribution is -2.40. The third-order valence-electron chi connectivity index (χ3n) is 3.42. The molecule has 1 heterocycles. The molecule has 2 atom stereocenters. The predicted molar refractivity (Wildman–Crippen MR) is 64.5 cm³/mol. The van der Waals surface area contributed by atoms with Gasteiger partial charge in [0.25, 0.3) is 0 Å². The Bertz CT molecular complexity index is 343. The molecule has 1 N–H and O–H groups in total. The monoisotopic (exact) mass is 222 g/mol. The van der Waals surface area contributed by atoms with E-state index in [-0.39, 0.29) is 0 Å². The van der Waals surface area contributed by atoms with E-state index in [0.717, 1.165) is 18.2 Å². The number of aryl methyl sites for hydroxylation is 2. The molecule has 0 aliphatic heterocycles. The molecule has 2 rings (SSSR count). The van der Waals surface area contributed by atoms with Gasteiger partial charge in [0.1, 0.15) is 11.6 Å². The molecule has 0 amide bonds. The molecule has 1 aliphatic carbocycles. The van der Waals surface area contributed by atoms with Crippen LogP contribution >= 0.6 is 0 Å². The number of likely N-dealkylation sites (N-methyl/N-ethyl adjacent to an activating group) is 1. The van der Waals surface area contributed by atoms with Crippen LogP contribution in [0.15, 0.2) is 0 Å². The Morgan fingerprint density at radius 3 is 2.69 bits per heavy atom. The van der Waals surface area contributed by atoms with Crippen LogP contribution in [0.25, 0.3) is 0 Å². The van der Waals surface area contributed by atoms with Crippen molar-refractivity contribution in [2.24, 2.45) is 0 Å². The molecular formula is C12H22N4. The summed E-state index contributed by atoms with van der Waals surface area (Å²) in [4.78, 5) is 4.40. The Morgan fingerprint density at radius 2 is 2.06 bits per heavy atom. The van der Waals surface area contributed by atoms with Crippen LogP contribution in [0.4, 0.5) is 0 Å². The highest BCUT2D eigenvalue weighted by Crippen LogP contribution is 2.28. The molecule has 4 nitrogen and oxygen atoms in total. The highest BCUT2D eigenvalue weighted by atomic mass is 15.4. The van der Waals surface area contributed by atoms with Crippen molar-refractivity contribution >= 4 is 0 Å². The molecule has 0 spiro atoms. The van der Waals surface area contributed by atoms with Crippen molar-refractivity contribution in [2.75, 3.05) is 6.54 Å². The lowest BCUT2D eigenvalue weighted by Gasteiger charge is -2.32. The summed E-state index contributed by atoms with van der Waals surface area (Å²) in [5.74, 6) is 1.94. The average Bonchev–Trinajstić information content (AvgIpc) is 2.59. The van der Waals surface area contributed by atoms with Crippen molar-refractivity contribution < 1.29 is 0 Å². The van der Waals surface area contributed by atoms with Gasteiger partial charge in [0.15, 0.2) is 0 Å². The highest BCUT2D eigenvalue weighted by molar-refractivity contribution is 4.94. The second-order valence-electron chi connectivity index (χ2n) is 4.67. The van der Waals surface area contributed by atoms with Crippen molar-refractivity contribution in [3.05, 3.63) is 11.6 Å². The Hall–Kier alpha value is -0.900. The molecule has 1 saturated carbocycles. The molecular weight excluding hydrogens is 200 g/mol. The molecule has 1 fully saturated rings.